The maximum absolute atomic E-state index is 12.3. The van der Waals surface area contributed by atoms with Gasteiger partial charge in [-0.05, 0) is 36.1 Å². The van der Waals surface area contributed by atoms with Crippen molar-refractivity contribution >= 4 is 17.3 Å². The molecule has 0 unspecified atom stereocenters. The van der Waals surface area contributed by atoms with E-state index in [1.165, 1.54) is 0 Å². The molecule has 146 valence electrons. The summed E-state index contributed by atoms with van der Waals surface area (Å²) >= 11 is 0. The van der Waals surface area contributed by atoms with E-state index in [9.17, 15) is 4.79 Å². The van der Waals surface area contributed by atoms with Gasteiger partial charge < -0.3 is 20.1 Å². The molecular formula is C22H30N2O3. The van der Waals surface area contributed by atoms with Crippen LogP contribution < -0.4 is 20.1 Å². The van der Waals surface area contributed by atoms with Crippen LogP contribution in [0.5, 0.6) is 11.5 Å². The minimum Gasteiger partial charge on any atom is -0.493 e. The highest BCUT2D eigenvalue weighted by atomic mass is 16.5. The smallest absolute Gasteiger partial charge is 0.243 e. The van der Waals surface area contributed by atoms with Crippen molar-refractivity contribution in [1.82, 2.24) is 0 Å². The molecule has 2 aromatic rings. The topological polar surface area (TPSA) is 59.6 Å². The van der Waals surface area contributed by atoms with Gasteiger partial charge in [0.05, 0.1) is 25.4 Å². The Morgan fingerprint density at radius 2 is 1.63 bits per heavy atom. The van der Waals surface area contributed by atoms with Crippen LogP contribution in [0.1, 0.15) is 27.7 Å². The van der Waals surface area contributed by atoms with Crippen molar-refractivity contribution in [3.63, 3.8) is 0 Å². The normalized spacial score (nSPS) is 10.7. The van der Waals surface area contributed by atoms with Crippen LogP contribution in [0, 0.1) is 11.8 Å². The highest BCUT2D eigenvalue weighted by Crippen LogP contribution is 2.24. The van der Waals surface area contributed by atoms with Crippen LogP contribution in [0.4, 0.5) is 11.4 Å². The summed E-state index contributed by atoms with van der Waals surface area (Å²) in [5.41, 5.74) is 1.52. The standard InChI is InChI=1S/C22H30N2O3/c1-16(2)14-26-19-9-7-8-18(12-19)24-22(25)13-23-20-10-5-6-11-21(20)27-15-17(3)4/h5-12,16-17,23H,13-15H2,1-4H3,(H,24,25). The minimum atomic E-state index is -0.130. The molecule has 0 heterocycles. The average molecular weight is 370 g/mol. The molecule has 0 atom stereocenters. The summed E-state index contributed by atoms with van der Waals surface area (Å²) in [6.45, 7) is 9.82. The van der Waals surface area contributed by atoms with E-state index in [4.69, 9.17) is 9.47 Å². The number of carbonyl (C=O) groups is 1. The number of nitrogens with one attached hydrogen (secondary N) is 2. The van der Waals surface area contributed by atoms with Crippen LogP contribution in [-0.4, -0.2) is 25.7 Å². The number of rotatable bonds is 10. The second kappa shape index (κ2) is 10.5. The molecule has 0 saturated carbocycles. The van der Waals surface area contributed by atoms with Gasteiger partial charge in [0.2, 0.25) is 5.91 Å². The van der Waals surface area contributed by atoms with Gasteiger partial charge in [-0.25, -0.2) is 0 Å². The monoisotopic (exact) mass is 370 g/mol. The van der Waals surface area contributed by atoms with E-state index in [0.29, 0.717) is 30.7 Å². The number of para-hydroxylation sites is 2. The van der Waals surface area contributed by atoms with Crippen LogP contribution in [-0.2, 0) is 4.79 Å². The Labute approximate surface area is 162 Å². The second-order valence-corrected chi connectivity index (χ2v) is 7.34. The predicted molar refractivity (Wildman–Crippen MR) is 111 cm³/mol. The average Bonchev–Trinajstić information content (AvgIpc) is 2.64. The van der Waals surface area contributed by atoms with Crippen molar-refractivity contribution in [3.05, 3.63) is 48.5 Å². The SMILES string of the molecule is CC(C)COc1cccc(NC(=O)CNc2ccccc2OCC(C)C)c1. The molecule has 5 heteroatoms. The summed E-state index contributed by atoms with van der Waals surface area (Å²) in [6.07, 6.45) is 0. The van der Waals surface area contributed by atoms with Gasteiger partial charge in [0.1, 0.15) is 11.5 Å². The number of benzene rings is 2. The van der Waals surface area contributed by atoms with E-state index >= 15 is 0 Å². The van der Waals surface area contributed by atoms with E-state index in [1.807, 2.05) is 48.5 Å². The summed E-state index contributed by atoms with van der Waals surface area (Å²) in [5, 5.41) is 6.03. The number of ether oxygens (including phenoxy) is 2. The van der Waals surface area contributed by atoms with Crippen molar-refractivity contribution in [2.45, 2.75) is 27.7 Å². The summed E-state index contributed by atoms with van der Waals surface area (Å²) < 4.78 is 11.5. The van der Waals surface area contributed by atoms with E-state index in [2.05, 4.69) is 38.3 Å². The Morgan fingerprint density at radius 3 is 2.37 bits per heavy atom. The third-order valence-electron chi connectivity index (χ3n) is 3.60. The van der Waals surface area contributed by atoms with E-state index in [-0.39, 0.29) is 12.5 Å². The first kappa shape index (κ1) is 20.6. The molecule has 0 aliphatic heterocycles. The van der Waals surface area contributed by atoms with E-state index < -0.39 is 0 Å². The lowest BCUT2D eigenvalue weighted by atomic mass is 10.2. The molecule has 2 rings (SSSR count). The van der Waals surface area contributed by atoms with E-state index in [1.54, 1.807) is 0 Å². The van der Waals surface area contributed by atoms with Gasteiger partial charge >= 0.3 is 0 Å². The van der Waals surface area contributed by atoms with Crippen molar-refractivity contribution in [2.24, 2.45) is 11.8 Å². The Morgan fingerprint density at radius 1 is 0.926 bits per heavy atom. The van der Waals surface area contributed by atoms with Gasteiger partial charge in [-0.3, -0.25) is 4.79 Å². The van der Waals surface area contributed by atoms with Gasteiger partial charge in [0.25, 0.3) is 0 Å². The van der Waals surface area contributed by atoms with Crippen molar-refractivity contribution in [3.8, 4) is 11.5 Å². The molecule has 0 aromatic heterocycles. The summed E-state index contributed by atoms with van der Waals surface area (Å²) in [6, 6.07) is 15.1. The molecule has 27 heavy (non-hydrogen) atoms. The number of amides is 1. The van der Waals surface area contributed by atoms with Crippen LogP contribution in [0.15, 0.2) is 48.5 Å². The fourth-order valence-corrected chi connectivity index (χ4v) is 2.30. The van der Waals surface area contributed by atoms with Gasteiger partial charge in [-0.1, -0.05) is 45.9 Å². The zero-order chi connectivity index (χ0) is 19.6. The molecular weight excluding hydrogens is 340 g/mol. The maximum Gasteiger partial charge on any atom is 0.243 e. The fourth-order valence-electron chi connectivity index (χ4n) is 2.30. The van der Waals surface area contributed by atoms with Crippen LogP contribution in [0.3, 0.4) is 0 Å². The summed E-state index contributed by atoms with van der Waals surface area (Å²) in [5.74, 6) is 2.26. The molecule has 2 N–H and O–H groups in total. The highest BCUT2D eigenvalue weighted by molar-refractivity contribution is 5.94. The number of hydrogen-bond donors (Lipinski definition) is 2. The molecule has 1 amide bonds. The lowest BCUT2D eigenvalue weighted by molar-refractivity contribution is -0.114. The third kappa shape index (κ3) is 7.60. The maximum atomic E-state index is 12.3. The highest BCUT2D eigenvalue weighted by Gasteiger charge is 2.08. The molecule has 0 spiro atoms. The molecule has 2 aromatic carbocycles. The number of anilines is 2. The van der Waals surface area contributed by atoms with E-state index in [0.717, 1.165) is 17.2 Å². The predicted octanol–water partition coefficient (Wildman–Crippen LogP) is 4.81. The minimum absolute atomic E-state index is 0.130. The Hall–Kier alpha value is -2.69. The zero-order valence-corrected chi connectivity index (χ0v) is 16.6. The number of hydrogen-bond acceptors (Lipinski definition) is 4. The number of carbonyl (C=O) groups excluding carboxylic acids is 1. The van der Waals surface area contributed by atoms with Crippen molar-refractivity contribution in [2.75, 3.05) is 30.4 Å². The summed E-state index contributed by atoms with van der Waals surface area (Å²) in [7, 11) is 0. The molecule has 0 aliphatic rings. The largest absolute Gasteiger partial charge is 0.493 e. The van der Waals surface area contributed by atoms with Crippen molar-refractivity contribution in [1.29, 1.82) is 0 Å². The second-order valence-electron chi connectivity index (χ2n) is 7.34. The molecule has 5 nitrogen and oxygen atoms in total. The first-order valence-electron chi connectivity index (χ1n) is 9.42. The Kier molecular flexibility index (Phi) is 7.99. The zero-order valence-electron chi connectivity index (χ0n) is 16.6. The molecule has 0 saturated heterocycles. The van der Waals surface area contributed by atoms with Gasteiger partial charge in [-0.15, -0.1) is 0 Å². The molecule has 0 aliphatic carbocycles. The van der Waals surface area contributed by atoms with Crippen LogP contribution >= 0.6 is 0 Å². The van der Waals surface area contributed by atoms with Gasteiger partial charge in [0.15, 0.2) is 0 Å². The first-order chi connectivity index (χ1) is 12.9. The first-order valence-corrected chi connectivity index (χ1v) is 9.42. The molecule has 0 radical (unpaired) electrons. The Balaban J connectivity index is 1.89. The summed E-state index contributed by atoms with van der Waals surface area (Å²) in [4.78, 5) is 12.3. The lowest BCUT2D eigenvalue weighted by Gasteiger charge is -2.14. The van der Waals surface area contributed by atoms with Crippen molar-refractivity contribution < 1.29 is 14.3 Å². The third-order valence-corrected chi connectivity index (χ3v) is 3.60. The quantitative estimate of drug-likeness (QED) is 0.630. The molecule has 0 bridgehead atoms. The van der Waals surface area contributed by atoms with Crippen LogP contribution in [0.2, 0.25) is 0 Å². The van der Waals surface area contributed by atoms with Gasteiger partial charge in [0, 0.05) is 11.8 Å². The fraction of sp³-hybridized carbons (Fsp3) is 0.409. The Bertz CT molecular complexity index is 729. The van der Waals surface area contributed by atoms with Gasteiger partial charge in [-0.2, -0.15) is 0 Å². The van der Waals surface area contributed by atoms with Crippen LogP contribution in [0.25, 0.3) is 0 Å². The molecule has 0 fully saturated rings. The lowest BCUT2D eigenvalue weighted by Crippen LogP contribution is -2.22.